The Morgan fingerprint density at radius 2 is 2.33 bits per heavy atom. The van der Waals surface area contributed by atoms with Gasteiger partial charge in [0, 0.05) is 22.8 Å². The van der Waals surface area contributed by atoms with E-state index >= 15 is 0 Å². The summed E-state index contributed by atoms with van der Waals surface area (Å²) in [7, 11) is 0. The molecule has 6 nitrogen and oxygen atoms in total. The molecule has 0 spiro atoms. The first-order valence-electron chi connectivity index (χ1n) is 6.25. The summed E-state index contributed by atoms with van der Waals surface area (Å²) < 4.78 is 2.55. The Kier molecular flexibility index (Phi) is 3.76. The molecule has 1 amide bonds. The van der Waals surface area contributed by atoms with Crippen LogP contribution in [0.4, 0.5) is 5.69 Å². The van der Waals surface area contributed by atoms with E-state index in [1.165, 1.54) is 11.3 Å². The lowest BCUT2D eigenvalue weighted by atomic mass is 10.2. The molecule has 8 heteroatoms. The molecule has 0 aliphatic carbocycles. The second-order valence-corrected chi connectivity index (χ2v) is 5.84. The van der Waals surface area contributed by atoms with Gasteiger partial charge in [0.05, 0.1) is 23.5 Å². The molecule has 0 aliphatic rings. The third-order valence-electron chi connectivity index (χ3n) is 3.01. The number of benzene rings is 1. The summed E-state index contributed by atoms with van der Waals surface area (Å²) in [5.41, 5.74) is 6.47. The number of rotatable bonds is 4. The van der Waals surface area contributed by atoms with Gasteiger partial charge < -0.3 is 11.1 Å². The van der Waals surface area contributed by atoms with Gasteiger partial charge in [-0.2, -0.15) is 0 Å². The molecule has 0 aliphatic heterocycles. The smallest absolute Gasteiger partial charge is 0.263 e. The van der Waals surface area contributed by atoms with Crippen molar-refractivity contribution in [1.29, 1.82) is 0 Å². The Balaban J connectivity index is 1.75. The third kappa shape index (κ3) is 2.70. The second-order valence-electron chi connectivity index (χ2n) is 4.38. The molecule has 108 valence electrons. The third-order valence-corrected chi connectivity index (χ3v) is 4.49. The fourth-order valence-electron chi connectivity index (χ4n) is 2.01. The van der Waals surface area contributed by atoms with Gasteiger partial charge in [-0.1, -0.05) is 22.9 Å². The average molecular weight is 322 g/mol. The number of anilines is 1. The van der Waals surface area contributed by atoms with E-state index in [4.69, 9.17) is 17.3 Å². The Hall–Kier alpha value is -2.12. The summed E-state index contributed by atoms with van der Waals surface area (Å²) in [6.45, 7) is 1.00. The van der Waals surface area contributed by atoms with E-state index in [1.807, 2.05) is 12.1 Å². The number of amides is 1. The van der Waals surface area contributed by atoms with Gasteiger partial charge in [-0.05, 0) is 12.1 Å². The predicted molar refractivity (Wildman–Crippen MR) is 83.6 cm³/mol. The lowest BCUT2D eigenvalue weighted by Crippen LogP contribution is -2.27. The fraction of sp³-hybridized carbons (Fsp3) is 0.154. The molecule has 0 saturated heterocycles. The fourth-order valence-corrected chi connectivity index (χ4v) is 3.41. The van der Waals surface area contributed by atoms with Crippen LogP contribution in [0, 0.1) is 0 Å². The molecule has 0 bridgehead atoms. The highest BCUT2D eigenvalue weighted by atomic mass is 35.5. The standard InChI is InChI=1S/C13H12ClN5OS/c14-8-2-1-3-9-10(8)11(15)12(21-9)13(20)16-4-6-19-7-5-17-18-19/h1-3,5,7H,4,6,15H2,(H,16,20). The monoisotopic (exact) mass is 321 g/mol. The van der Waals surface area contributed by atoms with Crippen molar-refractivity contribution in [3.05, 3.63) is 40.5 Å². The predicted octanol–water partition coefficient (Wildman–Crippen LogP) is 2.16. The Morgan fingerprint density at radius 3 is 3.05 bits per heavy atom. The summed E-state index contributed by atoms with van der Waals surface area (Å²) in [6.07, 6.45) is 3.33. The number of nitrogens with zero attached hydrogens (tertiary/aromatic N) is 3. The van der Waals surface area contributed by atoms with Crippen LogP contribution >= 0.6 is 22.9 Å². The summed E-state index contributed by atoms with van der Waals surface area (Å²) in [6, 6.07) is 5.50. The maximum Gasteiger partial charge on any atom is 0.263 e. The molecule has 3 rings (SSSR count). The van der Waals surface area contributed by atoms with E-state index in [1.54, 1.807) is 23.1 Å². The zero-order chi connectivity index (χ0) is 14.8. The van der Waals surface area contributed by atoms with Crippen LogP contribution in [0.15, 0.2) is 30.6 Å². The van der Waals surface area contributed by atoms with Crippen LogP contribution in [-0.4, -0.2) is 27.4 Å². The number of fused-ring (bicyclic) bond motifs is 1. The van der Waals surface area contributed by atoms with Crippen LogP contribution in [0.5, 0.6) is 0 Å². The van der Waals surface area contributed by atoms with Crippen LogP contribution in [0.2, 0.25) is 5.02 Å². The van der Waals surface area contributed by atoms with Crippen molar-refractivity contribution in [3.8, 4) is 0 Å². The number of hydrogen-bond acceptors (Lipinski definition) is 5. The van der Waals surface area contributed by atoms with Crippen molar-refractivity contribution in [1.82, 2.24) is 20.3 Å². The molecule has 3 aromatic rings. The zero-order valence-corrected chi connectivity index (χ0v) is 12.5. The van der Waals surface area contributed by atoms with Crippen LogP contribution in [0.3, 0.4) is 0 Å². The molecule has 2 aromatic heterocycles. The molecule has 0 fully saturated rings. The number of hydrogen-bond donors (Lipinski definition) is 2. The first-order chi connectivity index (χ1) is 10.2. The van der Waals surface area contributed by atoms with Gasteiger partial charge in [0.15, 0.2) is 0 Å². The number of carbonyl (C=O) groups is 1. The molecule has 0 saturated carbocycles. The van der Waals surface area contributed by atoms with Crippen molar-refractivity contribution in [2.75, 3.05) is 12.3 Å². The minimum Gasteiger partial charge on any atom is -0.397 e. The SMILES string of the molecule is Nc1c(C(=O)NCCn2ccnn2)sc2cccc(Cl)c12. The molecule has 1 aromatic carbocycles. The van der Waals surface area contributed by atoms with E-state index in [0.717, 1.165) is 10.1 Å². The van der Waals surface area contributed by atoms with Gasteiger partial charge in [0.2, 0.25) is 0 Å². The lowest BCUT2D eigenvalue weighted by Gasteiger charge is -2.04. The molecule has 3 N–H and O–H groups in total. The lowest BCUT2D eigenvalue weighted by molar-refractivity contribution is 0.0957. The summed E-state index contributed by atoms with van der Waals surface area (Å²) in [4.78, 5) is 12.7. The molecule has 0 radical (unpaired) electrons. The summed E-state index contributed by atoms with van der Waals surface area (Å²) in [5.74, 6) is -0.204. The molecular weight excluding hydrogens is 310 g/mol. The van der Waals surface area contributed by atoms with Crippen molar-refractivity contribution in [3.63, 3.8) is 0 Å². The number of halogens is 1. The van der Waals surface area contributed by atoms with Crippen LogP contribution in [0.25, 0.3) is 10.1 Å². The maximum absolute atomic E-state index is 12.2. The summed E-state index contributed by atoms with van der Waals surface area (Å²) in [5, 5.41) is 11.6. The van der Waals surface area contributed by atoms with Gasteiger partial charge in [0.25, 0.3) is 5.91 Å². The van der Waals surface area contributed by atoms with Crippen LogP contribution < -0.4 is 11.1 Å². The van der Waals surface area contributed by atoms with Crippen LogP contribution in [0.1, 0.15) is 9.67 Å². The van der Waals surface area contributed by atoms with E-state index in [9.17, 15) is 4.79 Å². The van der Waals surface area contributed by atoms with Gasteiger partial charge in [-0.3, -0.25) is 9.48 Å². The maximum atomic E-state index is 12.2. The molecule has 0 atom stereocenters. The first kappa shape index (κ1) is 13.8. The van der Waals surface area contributed by atoms with E-state index < -0.39 is 0 Å². The van der Waals surface area contributed by atoms with E-state index in [-0.39, 0.29) is 5.91 Å². The topological polar surface area (TPSA) is 85.8 Å². The van der Waals surface area contributed by atoms with Gasteiger partial charge in [0.1, 0.15) is 4.88 Å². The number of aromatic nitrogens is 3. The van der Waals surface area contributed by atoms with Gasteiger partial charge in [-0.15, -0.1) is 16.4 Å². The molecular formula is C13H12ClN5OS. The number of nitrogens with one attached hydrogen (secondary N) is 1. The highest BCUT2D eigenvalue weighted by molar-refractivity contribution is 7.21. The summed E-state index contributed by atoms with van der Waals surface area (Å²) >= 11 is 7.47. The quantitative estimate of drug-likeness (QED) is 0.771. The molecule has 21 heavy (non-hydrogen) atoms. The largest absolute Gasteiger partial charge is 0.397 e. The zero-order valence-electron chi connectivity index (χ0n) is 10.9. The highest BCUT2D eigenvalue weighted by Gasteiger charge is 2.17. The number of nitrogens with two attached hydrogens (primary N) is 1. The molecule has 2 heterocycles. The normalized spacial score (nSPS) is 10.9. The number of nitrogen functional groups attached to an aromatic ring is 1. The second kappa shape index (κ2) is 5.71. The van der Waals surface area contributed by atoms with Crippen LogP contribution in [-0.2, 0) is 6.54 Å². The minimum absolute atomic E-state index is 0.204. The van der Waals surface area contributed by atoms with E-state index in [0.29, 0.717) is 28.7 Å². The Bertz CT molecular complexity index is 783. The minimum atomic E-state index is -0.204. The number of thiophene rings is 1. The van der Waals surface area contributed by atoms with E-state index in [2.05, 4.69) is 15.6 Å². The number of carbonyl (C=O) groups excluding carboxylic acids is 1. The van der Waals surface area contributed by atoms with Crippen molar-refractivity contribution in [2.24, 2.45) is 0 Å². The van der Waals surface area contributed by atoms with Gasteiger partial charge >= 0.3 is 0 Å². The highest BCUT2D eigenvalue weighted by Crippen LogP contribution is 2.37. The van der Waals surface area contributed by atoms with Crippen molar-refractivity contribution >= 4 is 44.6 Å². The van der Waals surface area contributed by atoms with Crippen molar-refractivity contribution in [2.45, 2.75) is 6.54 Å². The Morgan fingerprint density at radius 1 is 1.48 bits per heavy atom. The Labute approximate surface area is 129 Å². The van der Waals surface area contributed by atoms with Crippen molar-refractivity contribution < 1.29 is 4.79 Å². The first-order valence-corrected chi connectivity index (χ1v) is 7.45. The average Bonchev–Trinajstić information content (AvgIpc) is 3.08. The molecule has 0 unspecified atom stereocenters. The van der Waals surface area contributed by atoms with Gasteiger partial charge in [-0.25, -0.2) is 0 Å².